The zero-order chi connectivity index (χ0) is 20.5. The van der Waals surface area contributed by atoms with Crippen molar-refractivity contribution in [3.05, 3.63) is 41.5 Å². The molecule has 3 heterocycles. The second-order valence-corrected chi connectivity index (χ2v) is 8.33. The molecule has 2 aromatic heterocycles. The van der Waals surface area contributed by atoms with Gasteiger partial charge in [-0.25, -0.2) is 4.39 Å². The smallest absolute Gasteiger partial charge is 0.322 e. The number of carbonyl (C=O) groups is 1. The minimum Gasteiger partial charge on any atom is -0.609 e. The molecule has 0 bridgehead atoms. The Morgan fingerprint density at radius 1 is 1.34 bits per heavy atom. The predicted octanol–water partition coefficient (Wildman–Crippen LogP) is 2.89. The van der Waals surface area contributed by atoms with Crippen molar-refractivity contribution in [3.8, 4) is 5.75 Å². The van der Waals surface area contributed by atoms with Gasteiger partial charge in [0.25, 0.3) is 0 Å². The van der Waals surface area contributed by atoms with Crippen LogP contribution in [0.1, 0.15) is 24.1 Å². The number of nitrogens with one attached hydrogen (secondary N) is 1. The number of hydrogen-bond donors (Lipinski definition) is 1. The number of aromatic nitrogens is 3. The molecule has 1 aliphatic rings. The van der Waals surface area contributed by atoms with Gasteiger partial charge in [-0.3, -0.25) is 14.8 Å². The molecule has 1 unspecified atom stereocenters. The summed E-state index contributed by atoms with van der Waals surface area (Å²) in [6, 6.07) is 4.76. The summed E-state index contributed by atoms with van der Waals surface area (Å²) < 4.78 is 32.7. The molecule has 1 saturated heterocycles. The molecule has 1 aromatic carbocycles. The minimum atomic E-state index is -1.48. The van der Waals surface area contributed by atoms with Gasteiger partial charge >= 0.3 is 5.16 Å². The average Bonchev–Trinajstić information content (AvgIpc) is 3.12. The van der Waals surface area contributed by atoms with Crippen LogP contribution in [0.5, 0.6) is 5.75 Å². The lowest BCUT2D eigenvalue weighted by atomic mass is 10.1. The van der Waals surface area contributed by atoms with Gasteiger partial charge in [0.2, 0.25) is 0 Å². The van der Waals surface area contributed by atoms with Crippen LogP contribution in [-0.2, 0) is 21.7 Å². The van der Waals surface area contributed by atoms with E-state index in [0.29, 0.717) is 54.1 Å². The van der Waals surface area contributed by atoms with Crippen LogP contribution in [0.3, 0.4) is 0 Å². The Bertz CT molecular complexity index is 1060. The van der Waals surface area contributed by atoms with Gasteiger partial charge < -0.3 is 14.2 Å². The molecule has 0 spiro atoms. The van der Waals surface area contributed by atoms with Gasteiger partial charge in [0, 0.05) is 54.9 Å². The summed E-state index contributed by atoms with van der Waals surface area (Å²) in [6.07, 6.45) is 2.45. The first-order valence-corrected chi connectivity index (χ1v) is 10.6. The quantitative estimate of drug-likeness (QED) is 0.643. The molecule has 0 amide bonds. The predicted molar refractivity (Wildman–Crippen MR) is 108 cm³/mol. The molecular weight excluding hydrogens is 395 g/mol. The number of rotatable bonds is 5. The Kier molecular flexibility index (Phi) is 5.42. The zero-order valence-electron chi connectivity index (χ0n) is 16.2. The molecule has 0 aliphatic carbocycles. The lowest BCUT2D eigenvalue weighted by Gasteiger charge is -2.28. The number of piperidine rings is 1. The molecule has 9 heteroatoms. The van der Waals surface area contributed by atoms with Crippen LogP contribution in [0.2, 0.25) is 0 Å². The number of imidazole rings is 1. The Balaban J connectivity index is 1.59. The summed E-state index contributed by atoms with van der Waals surface area (Å²) >= 11 is -1.48. The average molecular weight is 416 g/mol. The molecule has 1 N–H and O–H groups in total. The highest BCUT2D eigenvalue weighted by Crippen LogP contribution is 2.28. The van der Waals surface area contributed by atoms with Gasteiger partial charge in [-0.1, -0.05) is 0 Å². The molecule has 3 aromatic rings. The van der Waals surface area contributed by atoms with Gasteiger partial charge in [0.1, 0.15) is 17.3 Å². The second kappa shape index (κ2) is 8.00. The van der Waals surface area contributed by atoms with Crippen molar-refractivity contribution in [3.63, 3.8) is 0 Å². The van der Waals surface area contributed by atoms with Crippen molar-refractivity contribution in [2.24, 2.45) is 0 Å². The van der Waals surface area contributed by atoms with Crippen LogP contribution >= 0.6 is 0 Å². The fourth-order valence-corrected chi connectivity index (χ4v) is 4.56. The van der Waals surface area contributed by atoms with Gasteiger partial charge in [0.05, 0.1) is 29.5 Å². The summed E-state index contributed by atoms with van der Waals surface area (Å²) in [5.74, 6) is 0.662. The summed E-state index contributed by atoms with van der Waals surface area (Å²) in [6.45, 7) is 2.85. The topological polar surface area (TPSA) is 94.2 Å². The molecule has 1 fully saturated rings. The van der Waals surface area contributed by atoms with Crippen LogP contribution in [0, 0.1) is 12.7 Å². The molecule has 4 rings (SSSR count). The largest absolute Gasteiger partial charge is 0.609 e. The third-order valence-electron chi connectivity index (χ3n) is 5.15. The highest BCUT2D eigenvalue weighted by molar-refractivity contribution is 7.90. The number of anilines is 1. The maximum Gasteiger partial charge on any atom is 0.322 e. The number of benzene rings is 1. The first kappa shape index (κ1) is 19.7. The minimum absolute atomic E-state index is 0.173. The number of nitrogens with zero attached hydrogens (tertiary/aromatic N) is 3. The lowest BCUT2D eigenvalue weighted by molar-refractivity contribution is -0.119. The van der Waals surface area contributed by atoms with E-state index in [1.165, 1.54) is 6.07 Å². The molecule has 0 radical (unpaired) electrons. The van der Waals surface area contributed by atoms with E-state index in [0.717, 1.165) is 5.56 Å². The standard InChI is InChI=1S/C20H21FN4O3S/c1-12-17(22-6-3-19(12)28-2)11-29(27)20-23-15-9-14(21)18(10-16(15)24-20)25-7-4-13(26)5-8-25/h3,6,9-10H,4-5,7-8,11H2,1-2H3,(H,23,24). The molecule has 1 aliphatic heterocycles. The summed E-state index contributed by atoms with van der Waals surface area (Å²) in [4.78, 5) is 25.0. The number of hydrogen-bond acceptors (Lipinski definition) is 6. The molecule has 152 valence electrons. The van der Waals surface area contributed by atoms with E-state index in [1.807, 2.05) is 11.8 Å². The molecular formula is C20H21FN4O3S. The van der Waals surface area contributed by atoms with Gasteiger partial charge in [-0.15, -0.1) is 0 Å². The Hall–Kier alpha value is -2.65. The Morgan fingerprint density at radius 2 is 2.10 bits per heavy atom. The molecule has 7 nitrogen and oxygen atoms in total. The summed E-state index contributed by atoms with van der Waals surface area (Å²) in [5, 5.41) is 0.273. The third-order valence-corrected chi connectivity index (χ3v) is 6.31. The van der Waals surface area contributed by atoms with Crippen molar-refractivity contribution in [1.29, 1.82) is 0 Å². The molecule has 1 atom stereocenters. The maximum absolute atomic E-state index is 14.6. The van der Waals surface area contributed by atoms with Gasteiger partial charge in [0.15, 0.2) is 5.75 Å². The van der Waals surface area contributed by atoms with Gasteiger partial charge in [-0.2, -0.15) is 4.98 Å². The fraction of sp³-hybridized carbons (Fsp3) is 0.350. The van der Waals surface area contributed by atoms with E-state index in [9.17, 15) is 13.7 Å². The number of methoxy groups -OCH3 is 1. The third kappa shape index (κ3) is 3.92. The number of ether oxygens (including phenoxy) is 1. The highest BCUT2D eigenvalue weighted by Gasteiger charge is 2.23. The summed E-state index contributed by atoms with van der Waals surface area (Å²) in [5.41, 5.74) is 2.93. The highest BCUT2D eigenvalue weighted by atomic mass is 32.2. The Morgan fingerprint density at radius 3 is 2.83 bits per heavy atom. The number of Topliss-reactive ketones (excluding diaryl/α,β-unsaturated/α-hetero) is 1. The number of H-pyrrole nitrogens is 1. The van der Waals surface area contributed by atoms with E-state index in [2.05, 4.69) is 15.0 Å². The molecule has 0 saturated carbocycles. The van der Waals surface area contributed by atoms with E-state index >= 15 is 0 Å². The second-order valence-electron chi connectivity index (χ2n) is 6.96. The van der Waals surface area contributed by atoms with Crippen LogP contribution in [0.15, 0.2) is 29.6 Å². The van der Waals surface area contributed by atoms with Crippen LogP contribution in [0.4, 0.5) is 10.1 Å². The van der Waals surface area contributed by atoms with E-state index < -0.39 is 17.0 Å². The number of carbonyl (C=O) groups excluding carboxylic acids is 1. The van der Waals surface area contributed by atoms with Crippen LogP contribution in [-0.4, -0.2) is 45.5 Å². The van der Waals surface area contributed by atoms with Crippen LogP contribution in [0.25, 0.3) is 11.0 Å². The first-order valence-electron chi connectivity index (χ1n) is 9.29. The number of ketones is 1. The van der Waals surface area contributed by atoms with Crippen molar-refractivity contribution >= 4 is 33.7 Å². The fourth-order valence-electron chi connectivity index (χ4n) is 3.46. The Labute approximate surface area is 170 Å². The van der Waals surface area contributed by atoms with Crippen molar-refractivity contribution in [2.45, 2.75) is 30.7 Å². The van der Waals surface area contributed by atoms with E-state index in [-0.39, 0.29) is 16.7 Å². The SMILES string of the molecule is COc1ccnc(C[S+]([O-])c2nc3cc(N4CCC(=O)CC4)c(F)cc3[nH]2)c1C. The van der Waals surface area contributed by atoms with E-state index in [1.54, 1.807) is 25.4 Å². The number of fused-ring (bicyclic) bond motifs is 1. The number of pyridine rings is 1. The first-order chi connectivity index (χ1) is 14.0. The summed E-state index contributed by atoms with van der Waals surface area (Å²) in [7, 11) is 1.58. The van der Waals surface area contributed by atoms with Crippen molar-refractivity contribution in [2.75, 3.05) is 25.1 Å². The lowest BCUT2D eigenvalue weighted by Crippen LogP contribution is -2.34. The van der Waals surface area contributed by atoms with Crippen molar-refractivity contribution < 1.29 is 18.5 Å². The normalized spacial score (nSPS) is 15.7. The van der Waals surface area contributed by atoms with Crippen LogP contribution < -0.4 is 9.64 Å². The van der Waals surface area contributed by atoms with E-state index in [4.69, 9.17) is 4.74 Å². The maximum atomic E-state index is 14.6. The zero-order valence-corrected chi connectivity index (χ0v) is 17.0. The number of halogens is 1. The van der Waals surface area contributed by atoms with Gasteiger partial charge in [-0.05, 0) is 19.1 Å². The monoisotopic (exact) mass is 416 g/mol. The number of aromatic amines is 1. The molecule has 29 heavy (non-hydrogen) atoms. The van der Waals surface area contributed by atoms with Crippen molar-refractivity contribution in [1.82, 2.24) is 15.0 Å².